The minimum Gasteiger partial charge on any atom is -0.351 e. The van der Waals surface area contributed by atoms with E-state index in [0.29, 0.717) is 0 Å². The van der Waals surface area contributed by atoms with E-state index in [0.717, 1.165) is 5.56 Å². The summed E-state index contributed by atoms with van der Waals surface area (Å²) in [5.41, 5.74) is 0.957. The molecule has 0 aliphatic heterocycles. The van der Waals surface area contributed by atoms with Crippen molar-refractivity contribution in [3.8, 4) is 0 Å². The maximum Gasteiger partial charge on any atom is 0.272 e. The molecule has 0 aliphatic carbocycles. The van der Waals surface area contributed by atoms with Crippen molar-refractivity contribution < 1.29 is 13.2 Å². The van der Waals surface area contributed by atoms with Gasteiger partial charge in [0.25, 0.3) is 9.70 Å². The molecule has 0 heterocycles. The van der Waals surface area contributed by atoms with Gasteiger partial charge in [0.05, 0.1) is 4.90 Å². The van der Waals surface area contributed by atoms with Gasteiger partial charge in [-0.1, -0.05) is 52.5 Å². The van der Waals surface area contributed by atoms with Crippen molar-refractivity contribution in [2.24, 2.45) is 0 Å². The second kappa shape index (κ2) is 6.95. The van der Waals surface area contributed by atoms with Crippen LogP contribution in [0.1, 0.15) is 5.56 Å². The lowest BCUT2D eigenvalue weighted by Gasteiger charge is -2.12. The third-order valence-corrected chi connectivity index (χ3v) is 4.28. The van der Waals surface area contributed by atoms with Crippen LogP contribution in [0.2, 0.25) is 0 Å². The molecule has 9 heteroatoms. The summed E-state index contributed by atoms with van der Waals surface area (Å²) in [6.07, 6.45) is 0. The van der Waals surface area contributed by atoms with Crippen molar-refractivity contribution in [2.45, 2.75) is 15.6 Å². The highest BCUT2D eigenvalue weighted by Crippen LogP contribution is 2.25. The minimum absolute atomic E-state index is 0.0112. The molecule has 0 atom stereocenters. The smallest absolute Gasteiger partial charge is 0.272 e. The Morgan fingerprint density at radius 1 is 1.15 bits per heavy atom. The Hall–Kier alpha value is -0.530. The van der Waals surface area contributed by atoms with E-state index in [1.54, 1.807) is 12.1 Å². The first-order valence-corrected chi connectivity index (χ1v) is 8.16. The van der Waals surface area contributed by atoms with Crippen LogP contribution in [0, 0.1) is 6.92 Å². The minimum atomic E-state index is -3.61. The molecule has 0 saturated carbocycles. The predicted molar refractivity (Wildman–Crippen MR) is 79.7 cm³/mol. The Kier molecular flexibility index (Phi) is 6.09. The zero-order valence-corrected chi connectivity index (χ0v) is 13.6. The summed E-state index contributed by atoms with van der Waals surface area (Å²) < 4.78 is 24.0. The molecule has 0 radical (unpaired) electrons. The average molecular weight is 360 g/mol. The second-order valence-electron chi connectivity index (χ2n) is 3.96. The Morgan fingerprint density at radius 3 is 2.20 bits per heavy atom. The molecule has 0 aromatic heterocycles. The van der Waals surface area contributed by atoms with E-state index in [-0.39, 0.29) is 18.0 Å². The van der Waals surface area contributed by atoms with Gasteiger partial charge >= 0.3 is 0 Å². The van der Waals surface area contributed by atoms with Gasteiger partial charge in [-0.15, -0.1) is 0 Å². The molecule has 0 fully saturated rings. The third kappa shape index (κ3) is 5.46. The molecular formula is C11H13Cl3N2O3S. The number of aryl methyl sites for hydroxylation is 1. The fourth-order valence-electron chi connectivity index (χ4n) is 1.26. The van der Waals surface area contributed by atoms with Crippen LogP contribution in [-0.4, -0.2) is 31.2 Å². The van der Waals surface area contributed by atoms with Gasteiger partial charge in [-0.2, -0.15) is 0 Å². The van der Waals surface area contributed by atoms with Crippen LogP contribution >= 0.6 is 34.8 Å². The molecular weight excluding hydrogens is 347 g/mol. The topological polar surface area (TPSA) is 75.3 Å². The van der Waals surface area contributed by atoms with Crippen molar-refractivity contribution in [1.29, 1.82) is 0 Å². The van der Waals surface area contributed by atoms with Crippen LogP contribution in [0.25, 0.3) is 0 Å². The van der Waals surface area contributed by atoms with Crippen LogP contribution in [0.4, 0.5) is 0 Å². The molecule has 0 unspecified atom stereocenters. The van der Waals surface area contributed by atoms with Crippen molar-refractivity contribution >= 4 is 50.7 Å². The van der Waals surface area contributed by atoms with Gasteiger partial charge < -0.3 is 5.32 Å². The van der Waals surface area contributed by atoms with Gasteiger partial charge in [0.1, 0.15) is 0 Å². The summed E-state index contributed by atoms with van der Waals surface area (Å²) >= 11 is 16.0. The average Bonchev–Trinajstić information content (AvgIpc) is 2.33. The van der Waals surface area contributed by atoms with Gasteiger partial charge in [-0.3, -0.25) is 4.79 Å². The SMILES string of the molecule is Cc1ccc(S(=O)(=O)NCCNC(=O)C(Cl)(Cl)Cl)cc1. The number of nitrogens with one attached hydrogen (secondary N) is 2. The van der Waals surface area contributed by atoms with Crippen LogP contribution < -0.4 is 10.0 Å². The van der Waals surface area contributed by atoms with E-state index in [4.69, 9.17) is 34.8 Å². The van der Waals surface area contributed by atoms with Crippen LogP contribution in [-0.2, 0) is 14.8 Å². The first-order valence-electron chi connectivity index (χ1n) is 5.54. The van der Waals surface area contributed by atoms with E-state index in [9.17, 15) is 13.2 Å². The lowest BCUT2D eigenvalue weighted by Crippen LogP contribution is -2.39. The Morgan fingerprint density at radius 2 is 1.70 bits per heavy atom. The molecule has 1 rings (SSSR count). The van der Waals surface area contributed by atoms with E-state index >= 15 is 0 Å². The summed E-state index contributed by atoms with van der Waals surface area (Å²) in [7, 11) is -3.61. The number of halogens is 3. The zero-order chi connectivity index (χ0) is 15.4. The number of hydrogen-bond donors (Lipinski definition) is 2. The Labute approximate surface area is 132 Å². The molecule has 1 amide bonds. The molecule has 0 saturated heterocycles. The number of hydrogen-bond acceptors (Lipinski definition) is 3. The van der Waals surface area contributed by atoms with Crippen molar-refractivity contribution in [3.05, 3.63) is 29.8 Å². The summed E-state index contributed by atoms with van der Waals surface area (Å²) in [5.74, 6) is -0.808. The van der Waals surface area contributed by atoms with Gasteiger partial charge in [0.15, 0.2) is 0 Å². The van der Waals surface area contributed by atoms with E-state index in [1.807, 2.05) is 6.92 Å². The molecule has 0 spiro atoms. The predicted octanol–water partition coefficient (Wildman–Crippen LogP) is 1.76. The van der Waals surface area contributed by atoms with Gasteiger partial charge in [-0.05, 0) is 19.1 Å². The lowest BCUT2D eigenvalue weighted by atomic mass is 10.2. The summed E-state index contributed by atoms with van der Waals surface area (Å²) in [5, 5.41) is 2.29. The van der Waals surface area contributed by atoms with Crippen molar-refractivity contribution in [1.82, 2.24) is 10.0 Å². The Bertz CT molecular complexity index is 568. The summed E-state index contributed by atoms with van der Waals surface area (Å²) in [6, 6.07) is 6.38. The monoisotopic (exact) mass is 358 g/mol. The fraction of sp³-hybridized carbons (Fsp3) is 0.364. The first-order chi connectivity index (χ1) is 9.13. The number of benzene rings is 1. The van der Waals surface area contributed by atoms with Gasteiger partial charge in [-0.25, -0.2) is 13.1 Å². The van der Waals surface area contributed by atoms with Crippen molar-refractivity contribution in [3.63, 3.8) is 0 Å². The highest BCUT2D eigenvalue weighted by molar-refractivity contribution is 7.89. The first kappa shape index (κ1) is 17.5. The lowest BCUT2D eigenvalue weighted by molar-refractivity contribution is -0.120. The highest BCUT2D eigenvalue weighted by atomic mass is 35.6. The number of amides is 1. The largest absolute Gasteiger partial charge is 0.351 e. The standard InChI is InChI=1S/C11H13Cl3N2O3S/c1-8-2-4-9(5-3-8)20(18,19)16-7-6-15-10(17)11(12,13)14/h2-5,16H,6-7H2,1H3,(H,15,17). The van der Waals surface area contributed by atoms with Crippen LogP contribution in [0.15, 0.2) is 29.2 Å². The third-order valence-electron chi connectivity index (χ3n) is 2.29. The maximum absolute atomic E-state index is 11.9. The molecule has 1 aromatic rings. The van der Waals surface area contributed by atoms with Gasteiger partial charge in [0, 0.05) is 13.1 Å². The normalized spacial score (nSPS) is 12.2. The molecule has 112 valence electrons. The van der Waals surface area contributed by atoms with Crippen molar-refractivity contribution in [2.75, 3.05) is 13.1 Å². The van der Waals surface area contributed by atoms with E-state index in [2.05, 4.69) is 10.0 Å². The Balaban J connectivity index is 2.49. The number of sulfonamides is 1. The van der Waals surface area contributed by atoms with Gasteiger partial charge in [0.2, 0.25) is 10.0 Å². The molecule has 5 nitrogen and oxygen atoms in total. The molecule has 2 N–H and O–H groups in total. The second-order valence-corrected chi connectivity index (χ2v) is 8.01. The zero-order valence-electron chi connectivity index (χ0n) is 10.5. The maximum atomic E-state index is 11.9. The van der Waals surface area contributed by atoms with E-state index in [1.165, 1.54) is 12.1 Å². The highest BCUT2D eigenvalue weighted by Gasteiger charge is 2.30. The van der Waals surface area contributed by atoms with Crippen LogP contribution in [0.3, 0.4) is 0 Å². The number of rotatable bonds is 5. The fourth-order valence-corrected chi connectivity index (χ4v) is 2.49. The summed E-state index contributed by atoms with van der Waals surface area (Å²) in [4.78, 5) is 11.4. The van der Waals surface area contributed by atoms with E-state index < -0.39 is 19.7 Å². The molecule has 0 bridgehead atoms. The molecule has 0 aliphatic rings. The molecule has 20 heavy (non-hydrogen) atoms. The van der Waals surface area contributed by atoms with Crippen LogP contribution in [0.5, 0.6) is 0 Å². The number of alkyl halides is 3. The number of carbonyl (C=O) groups excluding carboxylic acids is 1. The number of carbonyl (C=O) groups is 1. The summed E-state index contributed by atoms with van der Waals surface area (Å²) in [6.45, 7) is 1.86. The quantitative estimate of drug-likeness (QED) is 0.621. The molecule has 1 aromatic carbocycles.